The summed E-state index contributed by atoms with van der Waals surface area (Å²) < 4.78 is 4.39. The highest BCUT2D eigenvalue weighted by molar-refractivity contribution is 5.88. The molecule has 0 aromatic carbocycles. The fraction of sp³-hybridized carbons (Fsp3) is 0.750. The average molecular weight is 274 g/mol. The molecular weight excluding hydrogens is 252 g/mol. The minimum atomic E-state index is -1.29. The van der Waals surface area contributed by atoms with Gasteiger partial charge in [-0.1, -0.05) is 13.8 Å². The summed E-state index contributed by atoms with van der Waals surface area (Å²) in [7, 11) is 1.16. The number of ether oxygens (including phenoxy) is 1. The van der Waals surface area contributed by atoms with Crippen LogP contribution in [0.3, 0.4) is 0 Å². The predicted octanol–water partition coefficient (Wildman–Crippen LogP) is -0.260. The number of carbonyl (C=O) groups is 3. The van der Waals surface area contributed by atoms with Crippen molar-refractivity contribution in [2.24, 2.45) is 17.6 Å². The number of nitrogens with two attached hydrogens (primary N) is 1. The summed E-state index contributed by atoms with van der Waals surface area (Å²) in [6, 6.07) is -1.29. The molecule has 0 aliphatic rings. The molecule has 1 amide bonds. The maximum atomic E-state index is 11.9. The molecule has 7 heteroatoms. The number of carbonyl (C=O) groups excluding carboxylic acids is 2. The molecule has 0 aliphatic carbocycles. The highest BCUT2D eigenvalue weighted by Crippen LogP contribution is 2.11. The van der Waals surface area contributed by atoms with Crippen LogP contribution in [0.15, 0.2) is 0 Å². The van der Waals surface area contributed by atoms with E-state index in [0.717, 1.165) is 7.11 Å². The van der Waals surface area contributed by atoms with E-state index in [1.165, 1.54) is 0 Å². The standard InChI is InChI=1S/C12H22N2O5/c1-7(2)4-8(6-13)11(16)14-9(12(17)18)5-10(15)19-3/h7-9H,4-6,13H2,1-3H3,(H,14,16)(H,17,18)/t8?,9-/m0/s1. The topological polar surface area (TPSA) is 119 Å². The number of carboxylic acids is 1. The molecule has 0 aromatic heterocycles. The monoisotopic (exact) mass is 274 g/mol. The van der Waals surface area contributed by atoms with E-state index in [1.54, 1.807) is 0 Å². The summed E-state index contributed by atoms with van der Waals surface area (Å²) >= 11 is 0. The van der Waals surface area contributed by atoms with Crippen molar-refractivity contribution < 1.29 is 24.2 Å². The largest absolute Gasteiger partial charge is 0.480 e. The van der Waals surface area contributed by atoms with Crippen LogP contribution in [0.25, 0.3) is 0 Å². The highest BCUT2D eigenvalue weighted by Gasteiger charge is 2.27. The van der Waals surface area contributed by atoms with Gasteiger partial charge in [0.25, 0.3) is 0 Å². The van der Waals surface area contributed by atoms with E-state index in [9.17, 15) is 14.4 Å². The Bertz CT molecular complexity index is 330. The second-order valence-corrected chi connectivity index (χ2v) is 4.74. The molecule has 0 radical (unpaired) electrons. The second-order valence-electron chi connectivity index (χ2n) is 4.74. The zero-order valence-corrected chi connectivity index (χ0v) is 11.5. The summed E-state index contributed by atoms with van der Waals surface area (Å²) in [5.74, 6) is -2.62. The van der Waals surface area contributed by atoms with Crippen LogP contribution >= 0.6 is 0 Å². The third kappa shape index (κ3) is 6.76. The minimum Gasteiger partial charge on any atom is -0.480 e. The first kappa shape index (κ1) is 17.4. The summed E-state index contributed by atoms with van der Waals surface area (Å²) in [6.45, 7) is 4.02. The Hall–Kier alpha value is -1.63. The van der Waals surface area contributed by atoms with Crippen LogP contribution in [-0.2, 0) is 19.1 Å². The van der Waals surface area contributed by atoms with Gasteiger partial charge in [0.15, 0.2) is 0 Å². The molecule has 7 nitrogen and oxygen atoms in total. The van der Waals surface area contributed by atoms with Gasteiger partial charge in [0.1, 0.15) is 6.04 Å². The number of amides is 1. The molecule has 0 saturated heterocycles. The summed E-state index contributed by atoms with van der Waals surface area (Å²) in [6.07, 6.45) is 0.156. The number of rotatable bonds is 8. The van der Waals surface area contributed by atoms with Gasteiger partial charge in [-0.3, -0.25) is 9.59 Å². The van der Waals surface area contributed by atoms with Crippen LogP contribution < -0.4 is 11.1 Å². The number of methoxy groups -OCH3 is 1. The van der Waals surface area contributed by atoms with Gasteiger partial charge in [-0.15, -0.1) is 0 Å². The highest BCUT2D eigenvalue weighted by atomic mass is 16.5. The number of hydrogen-bond donors (Lipinski definition) is 3. The first-order valence-corrected chi connectivity index (χ1v) is 6.11. The summed E-state index contributed by atoms with van der Waals surface area (Å²) in [5, 5.41) is 11.3. The number of nitrogens with one attached hydrogen (secondary N) is 1. The third-order valence-electron chi connectivity index (χ3n) is 2.62. The van der Waals surface area contributed by atoms with Crippen molar-refractivity contribution in [3.63, 3.8) is 0 Å². The molecule has 0 aromatic rings. The van der Waals surface area contributed by atoms with Crippen LogP contribution in [0.5, 0.6) is 0 Å². The maximum absolute atomic E-state index is 11.9. The number of esters is 1. The molecule has 0 heterocycles. The van der Waals surface area contributed by atoms with Crippen LogP contribution in [-0.4, -0.2) is 42.6 Å². The lowest BCUT2D eigenvalue weighted by Gasteiger charge is -2.20. The molecule has 2 atom stereocenters. The molecular formula is C12H22N2O5. The zero-order valence-electron chi connectivity index (χ0n) is 11.5. The van der Waals surface area contributed by atoms with Crippen molar-refractivity contribution in [2.45, 2.75) is 32.7 Å². The van der Waals surface area contributed by atoms with E-state index >= 15 is 0 Å². The van der Waals surface area contributed by atoms with Crippen LogP contribution in [0.1, 0.15) is 26.7 Å². The summed E-state index contributed by atoms with van der Waals surface area (Å²) in [4.78, 5) is 33.9. The molecule has 4 N–H and O–H groups in total. The minimum absolute atomic E-state index is 0.134. The summed E-state index contributed by atoms with van der Waals surface area (Å²) in [5.41, 5.74) is 5.50. The first-order chi connectivity index (χ1) is 8.81. The van der Waals surface area contributed by atoms with Gasteiger partial charge >= 0.3 is 11.9 Å². The average Bonchev–Trinajstić information content (AvgIpc) is 2.34. The zero-order chi connectivity index (χ0) is 15.0. The molecule has 0 saturated carbocycles. The second kappa shape index (κ2) is 8.47. The molecule has 110 valence electrons. The number of hydrogen-bond acceptors (Lipinski definition) is 5. The Morgan fingerprint density at radius 1 is 1.32 bits per heavy atom. The fourth-order valence-corrected chi connectivity index (χ4v) is 1.62. The molecule has 0 fully saturated rings. The molecule has 0 spiro atoms. The molecule has 0 bridgehead atoms. The van der Waals surface area contributed by atoms with Gasteiger partial charge < -0.3 is 20.9 Å². The lowest BCUT2D eigenvalue weighted by atomic mass is 9.96. The molecule has 0 rings (SSSR count). The number of carboxylic acid groups (broad SMARTS) is 1. The van der Waals surface area contributed by atoms with E-state index in [1.807, 2.05) is 13.8 Å². The van der Waals surface area contributed by atoms with Crippen LogP contribution in [0, 0.1) is 11.8 Å². The van der Waals surface area contributed by atoms with E-state index < -0.39 is 36.2 Å². The van der Waals surface area contributed by atoms with Crippen LogP contribution in [0.4, 0.5) is 0 Å². The lowest BCUT2D eigenvalue weighted by molar-refractivity contribution is -0.149. The molecule has 19 heavy (non-hydrogen) atoms. The van der Waals surface area contributed by atoms with Crippen molar-refractivity contribution in [3.8, 4) is 0 Å². The third-order valence-corrected chi connectivity index (χ3v) is 2.62. The fourth-order valence-electron chi connectivity index (χ4n) is 1.62. The van der Waals surface area contributed by atoms with Gasteiger partial charge in [0, 0.05) is 6.54 Å². The Labute approximate surface area is 112 Å². The van der Waals surface area contributed by atoms with E-state index in [4.69, 9.17) is 10.8 Å². The van der Waals surface area contributed by atoms with Crippen molar-refractivity contribution >= 4 is 17.8 Å². The Kier molecular flexibility index (Phi) is 7.74. The smallest absolute Gasteiger partial charge is 0.326 e. The number of aliphatic carboxylic acids is 1. The van der Waals surface area contributed by atoms with E-state index in [0.29, 0.717) is 6.42 Å². The predicted molar refractivity (Wildman–Crippen MR) is 68.2 cm³/mol. The normalized spacial score (nSPS) is 13.7. The quantitative estimate of drug-likeness (QED) is 0.525. The van der Waals surface area contributed by atoms with Gasteiger partial charge in [-0.2, -0.15) is 0 Å². The molecule has 1 unspecified atom stereocenters. The maximum Gasteiger partial charge on any atom is 0.326 e. The van der Waals surface area contributed by atoms with Gasteiger partial charge in [-0.25, -0.2) is 4.79 Å². The van der Waals surface area contributed by atoms with E-state index in [-0.39, 0.29) is 12.5 Å². The van der Waals surface area contributed by atoms with Gasteiger partial charge in [-0.05, 0) is 12.3 Å². The Morgan fingerprint density at radius 2 is 1.89 bits per heavy atom. The van der Waals surface area contributed by atoms with Crippen LogP contribution in [0.2, 0.25) is 0 Å². The lowest BCUT2D eigenvalue weighted by Crippen LogP contribution is -2.46. The van der Waals surface area contributed by atoms with Crippen molar-refractivity contribution in [1.82, 2.24) is 5.32 Å². The van der Waals surface area contributed by atoms with E-state index in [2.05, 4.69) is 10.1 Å². The Balaban J connectivity index is 4.60. The van der Waals surface area contributed by atoms with Crippen molar-refractivity contribution in [2.75, 3.05) is 13.7 Å². The SMILES string of the molecule is COC(=O)C[C@H](NC(=O)C(CN)CC(C)C)C(=O)O. The van der Waals surface area contributed by atoms with Gasteiger partial charge in [0.05, 0.1) is 19.4 Å². The van der Waals surface area contributed by atoms with Crippen molar-refractivity contribution in [3.05, 3.63) is 0 Å². The van der Waals surface area contributed by atoms with Crippen molar-refractivity contribution in [1.29, 1.82) is 0 Å². The Morgan fingerprint density at radius 3 is 2.26 bits per heavy atom. The van der Waals surface area contributed by atoms with Gasteiger partial charge in [0.2, 0.25) is 5.91 Å². The molecule has 0 aliphatic heterocycles. The first-order valence-electron chi connectivity index (χ1n) is 6.11.